The van der Waals surface area contributed by atoms with Crippen molar-refractivity contribution in [2.75, 3.05) is 17.7 Å². The van der Waals surface area contributed by atoms with Gasteiger partial charge in [-0.1, -0.05) is 48.5 Å². The minimum atomic E-state index is -3.08. The van der Waals surface area contributed by atoms with Crippen LogP contribution in [0.1, 0.15) is 29.4 Å². The molecule has 5 N–H and O–H groups in total. The van der Waals surface area contributed by atoms with Crippen LogP contribution in [0.25, 0.3) is 39.0 Å². The van der Waals surface area contributed by atoms with Gasteiger partial charge in [0.05, 0.1) is 27.9 Å². The molecule has 0 radical (unpaired) electrons. The number of imidazole rings is 1. The van der Waals surface area contributed by atoms with Crippen LogP contribution in [0, 0.1) is 0 Å². The van der Waals surface area contributed by atoms with E-state index in [1.165, 1.54) is 18.1 Å². The smallest absolute Gasteiger partial charge is 0.169 e. The summed E-state index contributed by atoms with van der Waals surface area (Å²) in [7, 11) is -3.08. The molecule has 0 bridgehead atoms. The van der Waals surface area contributed by atoms with E-state index in [0.29, 0.717) is 35.4 Å². The fourth-order valence-corrected chi connectivity index (χ4v) is 5.49. The van der Waals surface area contributed by atoms with E-state index in [1.807, 2.05) is 60.7 Å². The maximum Gasteiger partial charge on any atom is 0.169 e. The average molecular weight is 553 g/mol. The molecule has 3 heterocycles. The van der Waals surface area contributed by atoms with Crippen LogP contribution < -0.4 is 11.5 Å². The molecule has 11 heteroatoms. The molecule has 10 nitrogen and oxygen atoms in total. The summed E-state index contributed by atoms with van der Waals surface area (Å²) in [5.74, 6) is 1.25. The van der Waals surface area contributed by atoms with E-state index in [1.54, 1.807) is 4.68 Å². The highest BCUT2D eigenvalue weighted by atomic mass is 32.2. The Morgan fingerprint density at radius 2 is 1.77 bits per heavy atom. The molecule has 1 unspecified atom stereocenters. The maximum absolute atomic E-state index is 11.5. The van der Waals surface area contributed by atoms with E-state index in [4.69, 9.17) is 21.5 Å². The molecule has 0 amide bonds. The molecule has 0 saturated heterocycles. The van der Waals surface area contributed by atoms with Gasteiger partial charge in [-0.25, -0.2) is 28.1 Å². The second-order valence-electron chi connectivity index (χ2n) is 9.91. The number of nitrogens with two attached hydrogens (primary N) is 2. The Balaban J connectivity index is 1.35. The number of rotatable bonds is 8. The summed E-state index contributed by atoms with van der Waals surface area (Å²) < 4.78 is 24.8. The highest BCUT2D eigenvalue weighted by Crippen LogP contribution is 2.33. The summed E-state index contributed by atoms with van der Waals surface area (Å²) in [5, 5.41) is 5.56. The fraction of sp³-hybridized carbons (Fsp3) is 0.172. The first-order chi connectivity index (χ1) is 19.2. The Kier molecular flexibility index (Phi) is 6.53. The lowest BCUT2D eigenvalue weighted by atomic mass is 10.1. The SMILES string of the molecule is CS(=O)(=O)CCC(N)c1ccc(-n2nc(-c3ccc4nc(Cc5ccccc5)[nH]c4c3)c3c(N)ncnc32)cc1. The number of hydrogen-bond acceptors (Lipinski definition) is 8. The number of nitrogen functional groups attached to an aromatic ring is 1. The second-order valence-corrected chi connectivity index (χ2v) is 12.2. The Morgan fingerprint density at radius 3 is 2.52 bits per heavy atom. The number of sulfone groups is 1. The Morgan fingerprint density at radius 1 is 1.00 bits per heavy atom. The lowest BCUT2D eigenvalue weighted by Crippen LogP contribution is -2.15. The minimum absolute atomic E-state index is 0.0354. The average Bonchev–Trinajstić information content (AvgIpc) is 3.53. The lowest BCUT2D eigenvalue weighted by Gasteiger charge is -2.12. The minimum Gasteiger partial charge on any atom is -0.383 e. The molecule has 0 spiro atoms. The number of anilines is 1. The molecule has 3 aromatic heterocycles. The van der Waals surface area contributed by atoms with Gasteiger partial charge >= 0.3 is 0 Å². The molecule has 0 fully saturated rings. The molecule has 202 valence electrons. The van der Waals surface area contributed by atoms with Gasteiger partial charge in [0.1, 0.15) is 33.5 Å². The first-order valence-corrected chi connectivity index (χ1v) is 14.9. The zero-order valence-electron chi connectivity index (χ0n) is 21.8. The number of fused-ring (bicyclic) bond motifs is 2. The van der Waals surface area contributed by atoms with Crippen LogP contribution in [0.15, 0.2) is 79.1 Å². The molecule has 1 atom stereocenters. The highest BCUT2D eigenvalue weighted by molar-refractivity contribution is 7.90. The topological polar surface area (TPSA) is 158 Å². The molecule has 3 aromatic carbocycles. The third kappa shape index (κ3) is 5.16. The predicted molar refractivity (Wildman–Crippen MR) is 157 cm³/mol. The number of aromatic amines is 1. The van der Waals surface area contributed by atoms with Crippen molar-refractivity contribution >= 4 is 37.7 Å². The molecule has 6 rings (SSSR count). The number of hydrogen-bond donors (Lipinski definition) is 3. The van der Waals surface area contributed by atoms with Gasteiger partial charge in [0.25, 0.3) is 0 Å². The molecule has 0 saturated carbocycles. The quantitative estimate of drug-likeness (QED) is 0.256. The van der Waals surface area contributed by atoms with E-state index in [9.17, 15) is 8.42 Å². The van der Waals surface area contributed by atoms with Gasteiger partial charge in [0.2, 0.25) is 0 Å². The summed E-state index contributed by atoms with van der Waals surface area (Å²) in [5.41, 5.74) is 19.2. The van der Waals surface area contributed by atoms with E-state index < -0.39 is 9.84 Å². The van der Waals surface area contributed by atoms with Crippen molar-refractivity contribution in [1.82, 2.24) is 29.7 Å². The van der Waals surface area contributed by atoms with Crippen molar-refractivity contribution in [3.05, 3.63) is 96.1 Å². The van der Waals surface area contributed by atoms with Gasteiger partial charge in [0.15, 0.2) is 5.65 Å². The van der Waals surface area contributed by atoms with Gasteiger partial charge in [-0.05, 0) is 41.8 Å². The zero-order chi connectivity index (χ0) is 27.9. The van der Waals surface area contributed by atoms with Crippen LogP contribution in [0.2, 0.25) is 0 Å². The first kappa shape index (κ1) is 25.7. The van der Waals surface area contributed by atoms with Crippen LogP contribution in [-0.4, -0.2) is 50.1 Å². The number of nitrogens with one attached hydrogen (secondary N) is 1. The molecule has 0 aliphatic heterocycles. The predicted octanol–water partition coefficient (Wildman–Crippen LogP) is 3.97. The summed E-state index contributed by atoms with van der Waals surface area (Å²) in [4.78, 5) is 16.9. The van der Waals surface area contributed by atoms with E-state index in [-0.39, 0.29) is 11.8 Å². The number of nitrogens with zero attached hydrogens (tertiary/aromatic N) is 5. The van der Waals surface area contributed by atoms with Gasteiger partial charge < -0.3 is 16.5 Å². The summed E-state index contributed by atoms with van der Waals surface area (Å²) in [6.45, 7) is 0. The standard InChI is InChI=1S/C29H28N8O2S/c1-40(38,39)14-13-22(30)19-7-10-21(11-8-19)37-29-26(28(31)32-17-33-29)27(36-37)20-9-12-23-24(16-20)35-25(34-23)15-18-5-3-2-4-6-18/h2-12,16-17,22H,13-15,30H2,1H3,(H,34,35)(H2,31,32,33). The number of aromatic nitrogens is 6. The largest absolute Gasteiger partial charge is 0.383 e. The van der Waals surface area contributed by atoms with E-state index in [2.05, 4.69) is 27.1 Å². The van der Waals surface area contributed by atoms with Crippen LogP contribution in [0.3, 0.4) is 0 Å². The Labute approximate surface area is 231 Å². The molecule has 40 heavy (non-hydrogen) atoms. The highest BCUT2D eigenvalue weighted by Gasteiger charge is 2.19. The molecular weight excluding hydrogens is 524 g/mol. The van der Waals surface area contributed by atoms with Crippen LogP contribution in [0.5, 0.6) is 0 Å². The van der Waals surface area contributed by atoms with Gasteiger partial charge in [0, 0.05) is 24.3 Å². The van der Waals surface area contributed by atoms with Crippen LogP contribution >= 0.6 is 0 Å². The Hall–Kier alpha value is -4.61. The van der Waals surface area contributed by atoms with E-state index >= 15 is 0 Å². The van der Waals surface area contributed by atoms with Crippen molar-refractivity contribution in [1.29, 1.82) is 0 Å². The third-order valence-electron chi connectivity index (χ3n) is 6.88. The van der Waals surface area contributed by atoms with Gasteiger partial charge in [-0.2, -0.15) is 5.10 Å². The lowest BCUT2D eigenvalue weighted by molar-refractivity contribution is 0.591. The third-order valence-corrected chi connectivity index (χ3v) is 7.86. The second kappa shape index (κ2) is 10.2. The van der Waals surface area contributed by atoms with Crippen molar-refractivity contribution in [3.8, 4) is 16.9 Å². The Bertz CT molecular complexity index is 1930. The summed E-state index contributed by atoms with van der Waals surface area (Å²) >= 11 is 0. The summed E-state index contributed by atoms with van der Waals surface area (Å²) in [6.07, 6.45) is 3.69. The van der Waals surface area contributed by atoms with Crippen molar-refractivity contribution < 1.29 is 8.42 Å². The molecule has 0 aliphatic rings. The van der Waals surface area contributed by atoms with Gasteiger partial charge in [-0.3, -0.25) is 0 Å². The molecule has 6 aromatic rings. The monoisotopic (exact) mass is 552 g/mol. The number of H-pyrrole nitrogens is 1. The normalized spacial score (nSPS) is 12.8. The van der Waals surface area contributed by atoms with Crippen molar-refractivity contribution in [2.45, 2.75) is 18.9 Å². The van der Waals surface area contributed by atoms with E-state index in [0.717, 1.165) is 33.7 Å². The summed E-state index contributed by atoms with van der Waals surface area (Å²) in [6, 6.07) is 23.3. The molecular formula is C29H28N8O2S. The maximum atomic E-state index is 11.5. The van der Waals surface area contributed by atoms with Crippen molar-refractivity contribution in [3.63, 3.8) is 0 Å². The van der Waals surface area contributed by atoms with Crippen LogP contribution in [0.4, 0.5) is 5.82 Å². The fourth-order valence-electron chi connectivity index (χ4n) is 4.81. The molecule has 0 aliphatic carbocycles. The first-order valence-electron chi connectivity index (χ1n) is 12.8. The zero-order valence-corrected chi connectivity index (χ0v) is 22.6. The van der Waals surface area contributed by atoms with Crippen LogP contribution in [-0.2, 0) is 16.3 Å². The number of benzene rings is 3. The van der Waals surface area contributed by atoms with Gasteiger partial charge in [-0.15, -0.1) is 0 Å². The van der Waals surface area contributed by atoms with Crippen molar-refractivity contribution in [2.24, 2.45) is 5.73 Å².